The second kappa shape index (κ2) is 3.47. The van der Waals surface area contributed by atoms with Crippen molar-refractivity contribution in [3.63, 3.8) is 0 Å². The second-order valence-corrected chi connectivity index (χ2v) is 5.79. The molecule has 1 amide bonds. The number of likely N-dealkylation sites (tertiary alicyclic amines) is 1. The minimum Gasteiger partial charge on any atom is -0.481 e. The van der Waals surface area contributed by atoms with E-state index in [1.807, 2.05) is 18.7 Å². The van der Waals surface area contributed by atoms with Gasteiger partial charge in [-0.25, -0.2) is 0 Å². The lowest BCUT2D eigenvalue weighted by molar-refractivity contribution is -0.141. The molecule has 0 bridgehead atoms. The molecule has 1 unspecified atom stereocenters. The van der Waals surface area contributed by atoms with Crippen LogP contribution < -0.4 is 0 Å². The van der Waals surface area contributed by atoms with Crippen LogP contribution in [0.2, 0.25) is 0 Å². The van der Waals surface area contributed by atoms with Crippen molar-refractivity contribution in [3.05, 3.63) is 0 Å². The van der Waals surface area contributed by atoms with Crippen molar-refractivity contribution < 1.29 is 14.7 Å². The van der Waals surface area contributed by atoms with Gasteiger partial charge >= 0.3 is 5.97 Å². The first kappa shape index (κ1) is 11.4. The Bertz CT molecular complexity index is 337. The fourth-order valence-corrected chi connectivity index (χ4v) is 2.89. The van der Waals surface area contributed by atoms with Gasteiger partial charge in [0.25, 0.3) is 0 Å². The number of hydrogen-bond donors (Lipinski definition) is 1. The quantitative estimate of drug-likeness (QED) is 0.768. The largest absolute Gasteiger partial charge is 0.481 e. The molecule has 0 aromatic carbocycles. The maximum absolute atomic E-state index is 12.1. The summed E-state index contributed by atoms with van der Waals surface area (Å²) >= 11 is 0. The van der Waals surface area contributed by atoms with E-state index < -0.39 is 11.9 Å². The van der Waals surface area contributed by atoms with Crippen molar-refractivity contribution >= 4 is 11.9 Å². The Kier molecular flexibility index (Phi) is 2.48. The molecular formula is C12H19NO3. The summed E-state index contributed by atoms with van der Waals surface area (Å²) in [6.45, 7) is 7.44. The molecule has 3 atom stereocenters. The van der Waals surface area contributed by atoms with E-state index in [0.29, 0.717) is 5.92 Å². The Balaban J connectivity index is 2.04. The maximum Gasteiger partial charge on any atom is 0.307 e. The van der Waals surface area contributed by atoms with Crippen molar-refractivity contribution in [2.24, 2.45) is 23.2 Å². The van der Waals surface area contributed by atoms with Crippen molar-refractivity contribution in [3.8, 4) is 0 Å². The summed E-state index contributed by atoms with van der Waals surface area (Å²) in [6.07, 6.45) is 1.04. The number of rotatable bonds is 2. The molecule has 2 aliphatic rings. The van der Waals surface area contributed by atoms with Crippen molar-refractivity contribution in [2.75, 3.05) is 13.1 Å². The lowest BCUT2D eigenvalue weighted by Crippen LogP contribution is -2.31. The first-order chi connectivity index (χ1) is 7.35. The lowest BCUT2D eigenvalue weighted by Gasteiger charge is -2.16. The predicted molar refractivity (Wildman–Crippen MR) is 58.8 cm³/mol. The van der Waals surface area contributed by atoms with Gasteiger partial charge < -0.3 is 10.0 Å². The number of carboxylic acids is 1. The number of hydrogen-bond acceptors (Lipinski definition) is 2. The SMILES string of the molecule is CC1CCN(C(=O)[C@H]2[C@@H](C(=O)O)C2(C)C)C1. The molecule has 4 heteroatoms. The summed E-state index contributed by atoms with van der Waals surface area (Å²) in [6, 6.07) is 0. The van der Waals surface area contributed by atoms with Crippen molar-refractivity contribution in [2.45, 2.75) is 27.2 Å². The minimum atomic E-state index is -0.837. The Morgan fingerprint density at radius 1 is 1.31 bits per heavy atom. The summed E-state index contributed by atoms with van der Waals surface area (Å²) in [5, 5.41) is 9.03. The van der Waals surface area contributed by atoms with E-state index in [-0.39, 0.29) is 17.2 Å². The molecule has 1 saturated heterocycles. The number of nitrogens with zero attached hydrogens (tertiary/aromatic N) is 1. The Morgan fingerprint density at radius 3 is 2.31 bits per heavy atom. The summed E-state index contributed by atoms with van der Waals surface area (Å²) < 4.78 is 0. The normalized spacial score (nSPS) is 36.2. The van der Waals surface area contributed by atoms with Gasteiger partial charge in [-0.05, 0) is 17.8 Å². The molecule has 2 fully saturated rings. The first-order valence-electron chi connectivity index (χ1n) is 5.87. The van der Waals surface area contributed by atoms with Crippen LogP contribution in [0, 0.1) is 23.2 Å². The highest BCUT2D eigenvalue weighted by Gasteiger charge is 2.66. The van der Waals surface area contributed by atoms with Crippen molar-refractivity contribution in [1.29, 1.82) is 0 Å². The standard InChI is InChI=1S/C12H19NO3/c1-7-4-5-13(6-7)10(14)8-9(11(15)16)12(8,2)3/h7-9H,4-6H2,1-3H3,(H,15,16)/t7?,8-,9+/m1/s1. The van der Waals surface area contributed by atoms with Crippen LogP contribution in [0.3, 0.4) is 0 Å². The fourth-order valence-electron chi connectivity index (χ4n) is 2.89. The summed E-state index contributed by atoms with van der Waals surface area (Å²) in [7, 11) is 0. The van der Waals surface area contributed by atoms with Gasteiger partial charge in [0.1, 0.15) is 0 Å². The van der Waals surface area contributed by atoms with E-state index in [9.17, 15) is 9.59 Å². The van der Waals surface area contributed by atoms with Gasteiger partial charge in [0.2, 0.25) is 5.91 Å². The summed E-state index contributed by atoms with van der Waals surface area (Å²) in [5.41, 5.74) is -0.366. The number of carboxylic acid groups (broad SMARTS) is 1. The monoisotopic (exact) mass is 225 g/mol. The highest BCUT2D eigenvalue weighted by atomic mass is 16.4. The van der Waals surface area contributed by atoms with Gasteiger partial charge in [0.15, 0.2) is 0 Å². The molecule has 1 aliphatic heterocycles. The molecule has 1 aliphatic carbocycles. The maximum atomic E-state index is 12.1. The molecule has 4 nitrogen and oxygen atoms in total. The molecule has 1 N–H and O–H groups in total. The van der Waals surface area contributed by atoms with E-state index in [1.165, 1.54) is 0 Å². The molecule has 2 rings (SSSR count). The van der Waals surface area contributed by atoms with Crippen LogP contribution in [-0.2, 0) is 9.59 Å². The van der Waals surface area contributed by atoms with E-state index in [4.69, 9.17) is 5.11 Å². The second-order valence-electron chi connectivity index (χ2n) is 5.79. The van der Waals surface area contributed by atoms with Gasteiger partial charge in [-0.3, -0.25) is 9.59 Å². The van der Waals surface area contributed by atoms with Crippen LogP contribution in [0.5, 0.6) is 0 Å². The Morgan fingerprint density at radius 2 is 1.94 bits per heavy atom. The molecule has 1 heterocycles. The van der Waals surface area contributed by atoms with E-state index in [0.717, 1.165) is 19.5 Å². The highest BCUT2D eigenvalue weighted by molar-refractivity contribution is 5.91. The lowest BCUT2D eigenvalue weighted by atomic mass is 10.1. The topological polar surface area (TPSA) is 57.6 Å². The average molecular weight is 225 g/mol. The Labute approximate surface area is 95.6 Å². The molecule has 90 valence electrons. The number of carbonyl (C=O) groups is 2. The van der Waals surface area contributed by atoms with Gasteiger partial charge in [-0.15, -0.1) is 0 Å². The van der Waals surface area contributed by atoms with Crippen LogP contribution in [-0.4, -0.2) is 35.0 Å². The van der Waals surface area contributed by atoms with Crippen LogP contribution >= 0.6 is 0 Å². The molecule has 0 radical (unpaired) electrons. The van der Waals surface area contributed by atoms with E-state index >= 15 is 0 Å². The zero-order valence-corrected chi connectivity index (χ0v) is 10.1. The minimum absolute atomic E-state index is 0.0433. The van der Waals surface area contributed by atoms with Gasteiger partial charge in [0, 0.05) is 13.1 Å². The summed E-state index contributed by atoms with van der Waals surface area (Å²) in [5.74, 6) is -1.04. The summed E-state index contributed by atoms with van der Waals surface area (Å²) in [4.78, 5) is 25.0. The van der Waals surface area contributed by atoms with Gasteiger partial charge in [-0.1, -0.05) is 20.8 Å². The zero-order valence-electron chi connectivity index (χ0n) is 10.1. The molecular weight excluding hydrogens is 206 g/mol. The van der Waals surface area contributed by atoms with E-state index in [2.05, 4.69) is 6.92 Å². The number of amides is 1. The third-order valence-corrected chi connectivity index (χ3v) is 4.10. The first-order valence-corrected chi connectivity index (χ1v) is 5.87. The fraction of sp³-hybridized carbons (Fsp3) is 0.833. The predicted octanol–water partition coefficient (Wildman–Crippen LogP) is 1.21. The third kappa shape index (κ3) is 1.60. The molecule has 0 aromatic heterocycles. The smallest absolute Gasteiger partial charge is 0.307 e. The average Bonchev–Trinajstić information content (AvgIpc) is 2.54. The van der Waals surface area contributed by atoms with Crippen LogP contribution in [0.4, 0.5) is 0 Å². The van der Waals surface area contributed by atoms with Crippen molar-refractivity contribution in [1.82, 2.24) is 4.90 Å². The molecule has 1 saturated carbocycles. The molecule has 0 spiro atoms. The Hall–Kier alpha value is -1.06. The van der Waals surface area contributed by atoms with Crippen LogP contribution in [0.1, 0.15) is 27.2 Å². The van der Waals surface area contributed by atoms with Gasteiger partial charge in [-0.2, -0.15) is 0 Å². The number of aliphatic carboxylic acids is 1. The zero-order chi connectivity index (χ0) is 12.1. The van der Waals surface area contributed by atoms with Crippen LogP contribution in [0.25, 0.3) is 0 Å². The number of carbonyl (C=O) groups excluding carboxylic acids is 1. The molecule has 16 heavy (non-hydrogen) atoms. The van der Waals surface area contributed by atoms with Crippen LogP contribution in [0.15, 0.2) is 0 Å². The molecule has 0 aromatic rings. The highest BCUT2D eigenvalue weighted by Crippen LogP contribution is 2.59. The van der Waals surface area contributed by atoms with E-state index in [1.54, 1.807) is 0 Å². The van der Waals surface area contributed by atoms with Gasteiger partial charge in [0.05, 0.1) is 11.8 Å². The third-order valence-electron chi connectivity index (χ3n) is 4.10.